The predicted octanol–water partition coefficient (Wildman–Crippen LogP) is 1.50. The first-order chi connectivity index (χ1) is 11.4. The highest BCUT2D eigenvalue weighted by atomic mass is 16.5. The van der Waals surface area contributed by atoms with Crippen molar-refractivity contribution in [1.82, 2.24) is 10.2 Å². The zero-order valence-corrected chi connectivity index (χ0v) is 15.0. The van der Waals surface area contributed by atoms with E-state index in [2.05, 4.69) is 5.32 Å². The molecule has 4 unspecified atom stereocenters. The Hall–Kier alpha value is -1.69. The molecule has 0 spiro atoms. The number of ether oxygens (including phenoxy) is 1. The molecule has 1 fully saturated rings. The molecule has 1 aliphatic carbocycles. The van der Waals surface area contributed by atoms with Gasteiger partial charge in [0.15, 0.2) is 0 Å². The van der Waals surface area contributed by atoms with Gasteiger partial charge in [0.1, 0.15) is 6.04 Å². The van der Waals surface area contributed by atoms with Crippen molar-refractivity contribution in [3.05, 3.63) is 12.2 Å². The molecule has 0 saturated carbocycles. The summed E-state index contributed by atoms with van der Waals surface area (Å²) in [6, 6.07) is -0.913. The smallest absolute Gasteiger partial charge is 0.243 e. The summed E-state index contributed by atoms with van der Waals surface area (Å²) in [5.41, 5.74) is 0. The van der Waals surface area contributed by atoms with E-state index in [1.807, 2.05) is 32.9 Å². The van der Waals surface area contributed by atoms with Crippen molar-refractivity contribution in [3.63, 3.8) is 0 Å². The Morgan fingerprint density at radius 2 is 1.75 bits per heavy atom. The number of carbonyl (C=O) groups excluding carboxylic acids is 3. The number of carbonyl (C=O) groups is 3. The van der Waals surface area contributed by atoms with Crippen LogP contribution >= 0.6 is 0 Å². The molecule has 6 nitrogen and oxygen atoms in total. The fraction of sp³-hybridized carbons (Fsp3) is 0.722. The van der Waals surface area contributed by atoms with Gasteiger partial charge in [-0.2, -0.15) is 0 Å². The molecule has 2 rings (SSSR count). The Kier molecular flexibility index (Phi) is 6.15. The maximum atomic E-state index is 12.8. The molecule has 0 aromatic carbocycles. The van der Waals surface area contributed by atoms with E-state index in [0.29, 0.717) is 25.9 Å². The number of hydrogen-bond acceptors (Lipinski definition) is 4. The molecule has 134 valence electrons. The predicted molar refractivity (Wildman–Crippen MR) is 89.9 cm³/mol. The first-order valence-corrected chi connectivity index (χ1v) is 8.68. The van der Waals surface area contributed by atoms with Gasteiger partial charge < -0.3 is 10.1 Å². The minimum atomic E-state index is -0.741. The van der Waals surface area contributed by atoms with Gasteiger partial charge in [0.05, 0.1) is 18.4 Å². The van der Waals surface area contributed by atoms with Crippen molar-refractivity contribution in [2.75, 3.05) is 13.7 Å². The molecular weight excluding hydrogens is 308 g/mol. The Bertz CT molecular complexity index is 503. The third-order valence-electron chi connectivity index (χ3n) is 4.66. The van der Waals surface area contributed by atoms with E-state index in [-0.39, 0.29) is 41.5 Å². The molecule has 0 radical (unpaired) electrons. The topological polar surface area (TPSA) is 75.7 Å². The van der Waals surface area contributed by atoms with Gasteiger partial charge in [-0.15, -0.1) is 0 Å². The number of fused-ring (bicyclic) bond motifs is 1. The lowest BCUT2D eigenvalue weighted by molar-refractivity contribution is -0.148. The minimum absolute atomic E-state index is 0.172. The number of methoxy groups -OCH3 is 1. The van der Waals surface area contributed by atoms with E-state index in [1.54, 1.807) is 7.11 Å². The van der Waals surface area contributed by atoms with Gasteiger partial charge in [-0.05, 0) is 32.1 Å². The molecule has 1 N–H and O–H groups in total. The minimum Gasteiger partial charge on any atom is -0.383 e. The monoisotopic (exact) mass is 336 g/mol. The average molecular weight is 336 g/mol. The van der Waals surface area contributed by atoms with Crippen molar-refractivity contribution in [2.24, 2.45) is 17.8 Å². The second kappa shape index (κ2) is 7.92. The molecule has 0 aromatic rings. The van der Waals surface area contributed by atoms with E-state index in [1.165, 1.54) is 4.90 Å². The Morgan fingerprint density at radius 3 is 2.21 bits per heavy atom. The highest BCUT2D eigenvalue weighted by Crippen LogP contribution is 2.37. The molecule has 24 heavy (non-hydrogen) atoms. The molecule has 1 aliphatic heterocycles. The summed E-state index contributed by atoms with van der Waals surface area (Å²) in [7, 11) is 1.57. The molecule has 3 amide bonds. The lowest BCUT2D eigenvalue weighted by Crippen LogP contribution is -2.52. The van der Waals surface area contributed by atoms with E-state index < -0.39 is 6.04 Å². The lowest BCUT2D eigenvalue weighted by atomic mass is 9.85. The zero-order valence-electron chi connectivity index (χ0n) is 15.0. The van der Waals surface area contributed by atoms with Crippen LogP contribution in [0.2, 0.25) is 0 Å². The van der Waals surface area contributed by atoms with Gasteiger partial charge in [0.25, 0.3) is 0 Å². The summed E-state index contributed by atoms with van der Waals surface area (Å²) in [6.45, 7) is 6.19. The van der Waals surface area contributed by atoms with Gasteiger partial charge in [0.2, 0.25) is 17.7 Å². The number of imide groups is 1. The molecule has 4 atom stereocenters. The van der Waals surface area contributed by atoms with Crippen molar-refractivity contribution in [1.29, 1.82) is 0 Å². The summed E-state index contributed by atoms with van der Waals surface area (Å²) in [5.74, 6) is -1.09. The van der Waals surface area contributed by atoms with Crippen LogP contribution in [0.4, 0.5) is 0 Å². The first-order valence-electron chi connectivity index (χ1n) is 8.68. The summed E-state index contributed by atoms with van der Waals surface area (Å²) in [6.07, 6.45) is 5.54. The van der Waals surface area contributed by atoms with Crippen LogP contribution in [0.5, 0.6) is 0 Å². The van der Waals surface area contributed by atoms with Gasteiger partial charge in [-0.1, -0.05) is 26.0 Å². The fourth-order valence-corrected chi connectivity index (χ4v) is 3.54. The van der Waals surface area contributed by atoms with Crippen molar-refractivity contribution < 1.29 is 19.1 Å². The second-order valence-electron chi connectivity index (χ2n) is 7.21. The quantitative estimate of drug-likeness (QED) is 0.565. The third-order valence-corrected chi connectivity index (χ3v) is 4.66. The molecular formula is C18H28N2O4. The van der Waals surface area contributed by atoms with E-state index in [9.17, 15) is 14.4 Å². The summed E-state index contributed by atoms with van der Waals surface area (Å²) >= 11 is 0. The highest BCUT2D eigenvalue weighted by molar-refractivity contribution is 6.08. The van der Waals surface area contributed by atoms with Crippen LogP contribution < -0.4 is 5.32 Å². The van der Waals surface area contributed by atoms with Crippen LogP contribution in [-0.4, -0.2) is 48.4 Å². The average Bonchev–Trinajstić information content (AvgIpc) is 2.77. The number of rotatable bonds is 7. The van der Waals surface area contributed by atoms with E-state index in [4.69, 9.17) is 4.74 Å². The van der Waals surface area contributed by atoms with Crippen molar-refractivity contribution in [3.8, 4) is 0 Å². The number of amides is 3. The molecule has 1 heterocycles. The van der Waals surface area contributed by atoms with Gasteiger partial charge in [-0.3, -0.25) is 19.3 Å². The van der Waals surface area contributed by atoms with E-state index in [0.717, 1.165) is 0 Å². The number of likely N-dealkylation sites (tertiary alicyclic amines) is 1. The molecule has 0 aromatic heterocycles. The van der Waals surface area contributed by atoms with Crippen LogP contribution in [0.1, 0.15) is 40.0 Å². The Balaban J connectivity index is 2.19. The molecule has 1 saturated heterocycles. The van der Waals surface area contributed by atoms with Crippen LogP contribution in [0, 0.1) is 17.8 Å². The molecule has 2 aliphatic rings. The van der Waals surface area contributed by atoms with Crippen LogP contribution in [0.15, 0.2) is 12.2 Å². The van der Waals surface area contributed by atoms with Crippen molar-refractivity contribution in [2.45, 2.75) is 52.1 Å². The number of hydrogen-bond donors (Lipinski definition) is 1. The van der Waals surface area contributed by atoms with Crippen LogP contribution in [-0.2, 0) is 19.1 Å². The van der Waals surface area contributed by atoms with Crippen LogP contribution in [0.3, 0.4) is 0 Å². The molecule has 0 bridgehead atoms. The standard InChI is InChI=1S/C18H28N2O4/c1-11(2)9-15(16(21)19-12(3)10-24-4)20-17(22)13-7-5-6-8-14(13)18(20)23/h5-6,11-15H,7-10H2,1-4H3,(H,19,21). The second-order valence-corrected chi connectivity index (χ2v) is 7.21. The SMILES string of the molecule is COCC(C)NC(=O)C(CC(C)C)N1C(=O)C2CC=CCC2C1=O. The summed E-state index contributed by atoms with van der Waals surface area (Å²) in [4.78, 5) is 39.5. The summed E-state index contributed by atoms with van der Waals surface area (Å²) < 4.78 is 5.04. The van der Waals surface area contributed by atoms with Gasteiger partial charge in [-0.25, -0.2) is 0 Å². The molecule has 6 heteroatoms. The van der Waals surface area contributed by atoms with Crippen LogP contribution in [0.25, 0.3) is 0 Å². The fourth-order valence-electron chi connectivity index (χ4n) is 3.54. The third kappa shape index (κ3) is 3.86. The van der Waals surface area contributed by atoms with Gasteiger partial charge in [0, 0.05) is 13.2 Å². The number of nitrogens with zero attached hydrogens (tertiary/aromatic N) is 1. The Morgan fingerprint density at radius 1 is 1.21 bits per heavy atom. The maximum absolute atomic E-state index is 12.8. The lowest BCUT2D eigenvalue weighted by Gasteiger charge is -2.28. The number of allylic oxidation sites excluding steroid dienone is 2. The van der Waals surface area contributed by atoms with Gasteiger partial charge >= 0.3 is 0 Å². The highest BCUT2D eigenvalue weighted by Gasteiger charge is 2.51. The normalized spacial score (nSPS) is 25.8. The number of nitrogens with one attached hydrogen (secondary N) is 1. The first kappa shape index (κ1) is 18.6. The van der Waals surface area contributed by atoms with Crippen molar-refractivity contribution >= 4 is 17.7 Å². The summed E-state index contributed by atoms with van der Waals surface area (Å²) in [5, 5.41) is 2.86. The zero-order chi connectivity index (χ0) is 17.9. The van der Waals surface area contributed by atoms with E-state index >= 15 is 0 Å². The maximum Gasteiger partial charge on any atom is 0.243 e. The Labute approximate surface area is 143 Å². The largest absolute Gasteiger partial charge is 0.383 e.